The molecular formula is C25H30F5N3O. The lowest BCUT2D eigenvalue weighted by Gasteiger charge is -2.25. The molecule has 0 radical (unpaired) electrons. The van der Waals surface area contributed by atoms with E-state index < -0.39 is 24.6 Å². The first kappa shape index (κ1) is 25.8. The van der Waals surface area contributed by atoms with Gasteiger partial charge in [0.05, 0.1) is 22.6 Å². The van der Waals surface area contributed by atoms with Gasteiger partial charge in [-0.25, -0.2) is 8.78 Å². The summed E-state index contributed by atoms with van der Waals surface area (Å²) in [5.41, 5.74) is 2.29. The number of amides is 1. The Morgan fingerprint density at radius 3 is 2.32 bits per heavy atom. The number of carbonyl (C=O) groups is 1. The molecule has 0 aliphatic carbocycles. The van der Waals surface area contributed by atoms with E-state index in [0.29, 0.717) is 30.6 Å². The van der Waals surface area contributed by atoms with Crippen LogP contribution in [0.1, 0.15) is 49.7 Å². The minimum absolute atomic E-state index is 0.103. The van der Waals surface area contributed by atoms with Gasteiger partial charge in [0.1, 0.15) is 12.8 Å². The predicted molar refractivity (Wildman–Crippen MR) is 125 cm³/mol. The standard InChI is InChI=1S/C25H30F5N3O/c26-16-20(27)6-1-2-9-23(34)32-22-8-5-7-21(24(22)33-14-3-4-15-33)31-17-18-10-12-19(13-11-18)25(28,29)30/h5,7-8,10-13,20,31H,1-4,6,9,14-17H2,(H,32,34)/t20-/m1/s1. The maximum Gasteiger partial charge on any atom is 0.416 e. The van der Waals surface area contributed by atoms with Gasteiger partial charge < -0.3 is 15.5 Å². The SMILES string of the molecule is O=C(CCCC[C@@H](F)CF)Nc1cccc(NCc2ccc(C(F)(F)F)cc2)c1N1CCCC1. The number of halogens is 5. The summed E-state index contributed by atoms with van der Waals surface area (Å²) in [5.74, 6) is -0.198. The Kier molecular flexibility index (Phi) is 9.12. The summed E-state index contributed by atoms with van der Waals surface area (Å²) in [7, 11) is 0. The van der Waals surface area contributed by atoms with Gasteiger partial charge in [0.15, 0.2) is 0 Å². The van der Waals surface area contributed by atoms with E-state index in [4.69, 9.17) is 0 Å². The first-order valence-corrected chi connectivity index (χ1v) is 11.6. The summed E-state index contributed by atoms with van der Waals surface area (Å²) in [5, 5.41) is 6.24. The number of carbonyl (C=O) groups excluding carboxylic acids is 1. The van der Waals surface area contributed by atoms with Crippen molar-refractivity contribution in [3.63, 3.8) is 0 Å². The molecule has 1 saturated heterocycles. The van der Waals surface area contributed by atoms with Crippen molar-refractivity contribution in [3.8, 4) is 0 Å². The maximum atomic E-state index is 13.0. The van der Waals surface area contributed by atoms with Crippen LogP contribution in [0.15, 0.2) is 42.5 Å². The maximum absolute atomic E-state index is 13.0. The molecule has 3 rings (SSSR count). The number of nitrogens with one attached hydrogen (secondary N) is 2. The molecule has 186 valence electrons. The number of hydrogen-bond donors (Lipinski definition) is 2. The van der Waals surface area contributed by atoms with Crippen molar-refractivity contribution in [2.24, 2.45) is 0 Å². The van der Waals surface area contributed by atoms with Gasteiger partial charge in [-0.1, -0.05) is 18.2 Å². The van der Waals surface area contributed by atoms with Crippen LogP contribution in [0.4, 0.5) is 39.0 Å². The zero-order chi connectivity index (χ0) is 24.6. The average Bonchev–Trinajstić information content (AvgIpc) is 3.34. The molecule has 2 aromatic rings. The Labute approximate surface area is 196 Å². The van der Waals surface area contributed by atoms with Gasteiger partial charge in [-0.05, 0) is 61.9 Å². The normalized spacial score (nSPS) is 14.8. The molecule has 0 aromatic heterocycles. The molecule has 34 heavy (non-hydrogen) atoms. The van der Waals surface area contributed by atoms with Gasteiger partial charge in [-0.3, -0.25) is 4.79 Å². The molecule has 0 saturated carbocycles. The van der Waals surface area contributed by atoms with Crippen LogP contribution in [0.25, 0.3) is 0 Å². The molecule has 2 N–H and O–H groups in total. The zero-order valence-electron chi connectivity index (χ0n) is 18.9. The van der Waals surface area contributed by atoms with Gasteiger partial charge >= 0.3 is 6.18 Å². The third-order valence-corrected chi connectivity index (χ3v) is 5.84. The van der Waals surface area contributed by atoms with Crippen molar-refractivity contribution in [3.05, 3.63) is 53.6 Å². The first-order valence-electron chi connectivity index (χ1n) is 11.6. The highest BCUT2D eigenvalue weighted by atomic mass is 19.4. The Bertz CT molecular complexity index is 927. The molecular weight excluding hydrogens is 453 g/mol. The molecule has 9 heteroatoms. The highest BCUT2D eigenvalue weighted by Gasteiger charge is 2.30. The van der Waals surface area contributed by atoms with Crippen LogP contribution in [-0.4, -0.2) is 31.8 Å². The number of hydrogen-bond acceptors (Lipinski definition) is 3. The molecule has 1 aliphatic heterocycles. The summed E-state index contributed by atoms with van der Waals surface area (Å²) in [6, 6.07) is 10.5. The molecule has 2 aromatic carbocycles. The van der Waals surface area contributed by atoms with Gasteiger partial charge in [0.2, 0.25) is 5.91 Å². The molecule has 1 amide bonds. The lowest BCUT2D eigenvalue weighted by molar-refractivity contribution is -0.137. The third-order valence-electron chi connectivity index (χ3n) is 5.84. The number of anilines is 3. The second-order valence-electron chi connectivity index (χ2n) is 8.49. The average molecular weight is 484 g/mol. The van der Waals surface area contributed by atoms with E-state index in [1.165, 1.54) is 12.1 Å². The molecule has 1 atom stereocenters. The number of benzene rings is 2. The molecule has 0 spiro atoms. The monoisotopic (exact) mass is 483 g/mol. The van der Waals surface area contributed by atoms with Crippen molar-refractivity contribution in [2.45, 2.75) is 57.4 Å². The number of alkyl halides is 5. The summed E-state index contributed by atoms with van der Waals surface area (Å²) in [6.45, 7) is 0.999. The largest absolute Gasteiger partial charge is 0.416 e. The van der Waals surface area contributed by atoms with E-state index in [1.54, 1.807) is 6.07 Å². The minimum Gasteiger partial charge on any atom is -0.379 e. The van der Waals surface area contributed by atoms with Crippen LogP contribution in [-0.2, 0) is 17.5 Å². The smallest absolute Gasteiger partial charge is 0.379 e. The molecule has 0 bridgehead atoms. The fourth-order valence-corrected chi connectivity index (χ4v) is 4.02. The third kappa shape index (κ3) is 7.33. The topological polar surface area (TPSA) is 44.4 Å². The van der Waals surface area contributed by atoms with Crippen molar-refractivity contribution in [2.75, 3.05) is 35.3 Å². The summed E-state index contributed by atoms with van der Waals surface area (Å²) >= 11 is 0. The summed E-state index contributed by atoms with van der Waals surface area (Å²) < 4.78 is 63.6. The molecule has 4 nitrogen and oxygen atoms in total. The van der Waals surface area contributed by atoms with Gasteiger partial charge in [-0.2, -0.15) is 13.2 Å². The van der Waals surface area contributed by atoms with Crippen LogP contribution < -0.4 is 15.5 Å². The Hall–Kier alpha value is -2.84. The molecule has 1 heterocycles. The molecule has 0 unspecified atom stereocenters. The highest BCUT2D eigenvalue weighted by Crippen LogP contribution is 2.37. The number of nitrogens with zero attached hydrogens (tertiary/aromatic N) is 1. The van der Waals surface area contributed by atoms with Gasteiger partial charge in [0, 0.05) is 26.1 Å². The molecule has 1 fully saturated rings. The Morgan fingerprint density at radius 2 is 1.68 bits per heavy atom. The van der Waals surface area contributed by atoms with Crippen LogP contribution in [0.2, 0.25) is 0 Å². The minimum atomic E-state index is -4.37. The first-order chi connectivity index (χ1) is 16.3. The summed E-state index contributed by atoms with van der Waals surface area (Å²) in [4.78, 5) is 14.7. The fourth-order valence-electron chi connectivity index (χ4n) is 4.02. The lowest BCUT2D eigenvalue weighted by atomic mass is 10.1. The van der Waals surface area contributed by atoms with E-state index >= 15 is 0 Å². The second-order valence-corrected chi connectivity index (χ2v) is 8.49. The Balaban J connectivity index is 1.67. The highest BCUT2D eigenvalue weighted by molar-refractivity contribution is 5.97. The molecule has 1 aliphatic rings. The van der Waals surface area contributed by atoms with Crippen LogP contribution in [0.3, 0.4) is 0 Å². The van der Waals surface area contributed by atoms with Crippen molar-refractivity contribution in [1.82, 2.24) is 0 Å². The van der Waals surface area contributed by atoms with Crippen LogP contribution >= 0.6 is 0 Å². The zero-order valence-corrected chi connectivity index (χ0v) is 18.9. The van der Waals surface area contributed by atoms with E-state index in [0.717, 1.165) is 49.4 Å². The van der Waals surface area contributed by atoms with Crippen molar-refractivity contribution < 1.29 is 26.7 Å². The number of rotatable bonds is 11. The van der Waals surface area contributed by atoms with Crippen molar-refractivity contribution in [1.29, 1.82) is 0 Å². The fraction of sp³-hybridized carbons (Fsp3) is 0.480. The van der Waals surface area contributed by atoms with E-state index in [9.17, 15) is 26.7 Å². The van der Waals surface area contributed by atoms with Crippen molar-refractivity contribution >= 4 is 23.0 Å². The van der Waals surface area contributed by atoms with E-state index in [2.05, 4.69) is 15.5 Å². The van der Waals surface area contributed by atoms with Crippen LogP contribution in [0, 0.1) is 0 Å². The van der Waals surface area contributed by atoms with Gasteiger partial charge in [-0.15, -0.1) is 0 Å². The quantitative estimate of drug-likeness (QED) is 0.275. The number of para-hydroxylation sites is 1. The Morgan fingerprint density at radius 1 is 1.00 bits per heavy atom. The van der Waals surface area contributed by atoms with E-state index in [-0.39, 0.29) is 18.7 Å². The van der Waals surface area contributed by atoms with Crippen LogP contribution in [0.5, 0.6) is 0 Å². The number of unbranched alkanes of at least 4 members (excludes halogenated alkanes) is 1. The lowest BCUT2D eigenvalue weighted by Crippen LogP contribution is -2.22. The van der Waals surface area contributed by atoms with Gasteiger partial charge in [0.25, 0.3) is 0 Å². The van der Waals surface area contributed by atoms with E-state index in [1.807, 2.05) is 12.1 Å². The summed E-state index contributed by atoms with van der Waals surface area (Å²) in [6.07, 6.45) is -2.57. The second kappa shape index (κ2) is 12.0. The predicted octanol–water partition coefficient (Wildman–Crippen LogP) is 6.72.